The first-order valence-electron chi connectivity index (χ1n) is 12.7. The van der Waals surface area contributed by atoms with Gasteiger partial charge in [0.05, 0.1) is 12.2 Å². The molecule has 0 atom stereocenters. The van der Waals surface area contributed by atoms with Crippen molar-refractivity contribution in [2.45, 2.75) is 96.0 Å². The molecular formula is C29H41NO. The van der Waals surface area contributed by atoms with Crippen LogP contribution in [-0.4, -0.2) is 12.7 Å². The predicted octanol–water partition coefficient (Wildman–Crippen LogP) is 7.90. The zero-order chi connectivity index (χ0) is 21.7. The first-order chi connectivity index (χ1) is 15.3. The molecule has 0 heterocycles. The van der Waals surface area contributed by atoms with E-state index >= 15 is 0 Å². The van der Waals surface area contributed by atoms with Crippen molar-refractivity contribution < 1.29 is 4.74 Å². The van der Waals surface area contributed by atoms with Crippen LogP contribution in [0, 0.1) is 23.2 Å². The van der Waals surface area contributed by atoms with Crippen molar-refractivity contribution in [2.75, 3.05) is 6.61 Å². The van der Waals surface area contributed by atoms with E-state index in [0.717, 1.165) is 18.4 Å². The molecule has 3 rings (SSSR count). The lowest BCUT2D eigenvalue weighted by Gasteiger charge is -2.32. The largest absolute Gasteiger partial charge is 0.378 e. The Balaban J connectivity index is 1.31. The number of ether oxygens (including phenoxy) is 1. The third kappa shape index (κ3) is 8.30. The summed E-state index contributed by atoms with van der Waals surface area (Å²) in [6, 6.07) is 11.6. The minimum absolute atomic E-state index is 0.456. The van der Waals surface area contributed by atoms with Crippen LogP contribution in [0.4, 0.5) is 0 Å². The van der Waals surface area contributed by atoms with Crippen molar-refractivity contribution in [2.24, 2.45) is 11.8 Å². The van der Waals surface area contributed by atoms with Crippen LogP contribution < -0.4 is 0 Å². The lowest BCUT2D eigenvalue weighted by Crippen LogP contribution is -2.25. The van der Waals surface area contributed by atoms with Crippen LogP contribution in [-0.2, 0) is 11.2 Å². The highest BCUT2D eigenvalue weighted by Crippen LogP contribution is 2.37. The number of benzene rings is 1. The van der Waals surface area contributed by atoms with E-state index in [1.807, 2.05) is 18.2 Å². The van der Waals surface area contributed by atoms with Gasteiger partial charge in [0.1, 0.15) is 0 Å². The summed E-state index contributed by atoms with van der Waals surface area (Å²) >= 11 is 0. The van der Waals surface area contributed by atoms with Crippen LogP contribution >= 0.6 is 0 Å². The molecule has 1 aromatic rings. The highest BCUT2D eigenvalue weighted by atomic mass is 16.5. The van der Waals surface area contributed by atoms with Crippen molar-refractivity contribution in [3.05, 3.63) is 59.7 Å². The van der Waals surface area contributed by atoms with E-state index in [1.54, 1.807) is 5.56 Å². The molecule has 1 aromatic carbocycles. The third-order valence-electron chi connectivity index (χ3n) is 7.32. The van der Waals surface area contributed by atoms with Crippen molar-refractivity contribution >= 4 is 0 Å². The Morgan fingerprint density at radius 1 is 0.935 bits per heavy atom. The first-order valence-corrected chi connectivity index (χ1v) is 12.7. The molecule has 31 heavy (non-hydrogen) atoms. The van der Waals surface area contributed by atoms with Gasteiger partial charge in [-0.15, -0.1) is 0 Å². The molecule has 0 bridgehead atoms. The molecule has 2 aliphatic rings. The van der Waals surface area contributed by atoms with E-state index in [9.17, 15) is 0 Å². The molecule has 2 saturated carbocycles. The third-order valence-corrected chi connectivity index (χ3v) is 7.32. The Kier molecular flexibility index (Phi) is 10.4. The number of nitriles is 1. The summed E-state index contributed by atoms with van der Waals surface area (Å²) in [6.07, 6.45) is 23.3. The van der Waals surface area contributed by atoms with E-state index in [2.05, 4.69) is 37.3 Å². The summed E-state index contributed by atoms with van der Waals surface area (Å²) in [5.41, 5.74) is 3.05. The van der Waals surface area contributed by atoms with Gasteiger partial charge in [0.2, 0.25) is 0 Å². The number of hydrogen-bond donors (Lipinski definition) is 0. The van der Waals surface area contributed by atoms with Crippen LogP contribution in [0.2, 0.25) is 0 Å². The Morgan fingerprint density at radius 2 is 1.68 bits per heavy atom. The van der Waals surface area contributed by atoms with Gasteiger partial charge >= 0.3 is 0 Å². The Labute approximate surface area is 190 Å². The molecule has 2 aliphatic carbocycles. The number of rotatable bonds is 10. The maximum atomic E-state index is 8.53. The molecule has 0 amide bonds. The average molecular weight is 420 g/mol. The second-order valence-electron chi connectivity index (χ2n) is 9.66. The lowest BCUT2D eigenvalue weighted by atomic mass is 9.78. The summed E-state index contributed by atoms with van der Waals surface area (Å²) in [6.45, 7) is 3.23. The number of nitrogens with zero attached hydrogens (tertiary/aromatic N) is 1. The molecule has 2 fully saturated rings. The summed E-state index contributed by atoms with van der Waals surface area (Å²) in [5.74, 6) is 2.15. The second kappa shape index (κ2) is 13.5. The predicted molar refractivity (Wildman–Crippen MR) is 130 cm³/mol. The fourth-order valence-electron chi connectivity index (χ4n) is 5.24. The van der Waals surface area contributed by atoms with Crippen LogP contribution in [0.3, 0.4) is 0 Å². The number of aryl methyl sites for hydroxylation is 1. The monoisotopic (exact) mass is 419 g/mol. The first kappa shape index (κ1) is 23.8. The number of unbranched alkanes of at least 4 members (excludes halogenated alkanes) is 2. The molecule has 168 valence electrons. The Hall–Kier alpha value is -1.85. The fraction of sp³-hybridized carbons (Fsp3) is 0.621. The van der Waals surface area contributed by atoms with Crippen molar-refractivity contribution in [3.8, 4) is 6.07 Å². The van der Waals surface area contributed by atoms with Crippen molar-refractivity contribution in [1.29, 1.82) is 5.26 Å². The Morgan fingerprint density at radius 3 is 2.35 bits per heavy atom. The van der Waals surface area contributed by atoms with Gasteiger partial charge in [0, 0.05) is 12.7 Å². The minimum Gasteiger partial charge on any atom is -0.378 e. The van der Waals surface area contributed by atoms with Gasteiger partial charge in [-0.3, -0.25) is 0 Å². The zero-order valence-corrected chi connectivity index (χ0v) is 19.5. The van der Waals surface area contributed by atoms with Crippen LogP contribution in [0.25, 0.3) is 0 Å². The maximum absolute atomic E-state index is 8.53. The van der Waals surface area contributed by atoms with Gasteiger partial charge in [-0.2, -0.15) is 5.26 Å². The van der Waals surface area contributed by atoms with Gasteiger partial charge in [-0.25, -0.2) is 0 Å². The van der Waals surface area contributed by atoms with Gasteiger partial charge < -0.3 is 4.74 Å². The maximum Gasteiger partial charge on any atom is 0.0912 e. The lowest BCUT2D eigenvalue weighted by molar-refractivity contribution is -0.00456. The van der Waals surface area contributed by atoms with Crippen LogP contribution in [0.1, 0.15) is 94.6 Å². The second-order valence-corrected chi connectivity index (χ2v) is 9.66. The fourth-order valence-corrected chi connectivity index (χ4v) is 5.24. The Bertz CT molecular complexity index is 710. The van der Waals surface area contributed by atoms with Crippen LogP contribution in [0.15, 0.2) is 48.6 Å². The van der Waals surface area contributed by atoms with Gasteiger partial charge in [0.15, 0.2) is 0 Å². The van der Waals surface area contributed by atoms with E-state index in [4.69, 9.17) is 10.00 Å². The van der Waals surface area contributed by atoms with Gasteiger partial charge in [0.25, 0.3) is 0 Å². The van der Waals surface area contributed by atoms with Crippen LogP contribution in [0.5, 0.6) is 0 Å². The van der Waals surface area contributed by atoms with E-state index in [-0.39, 0.29) is 0 Å². The standard InChI is InChI=1S/C29H41NO/c1-2-3-5-8-24-10-16-27(17-11-24)28-18-12-26(13-19-28)23-31-29-20-14-25(15-21-29)9-6-4-7-22-30/h4,6-7,9-11,16-17,25-26,28-29H,2-3,5,8,12-15,18-21,23H2,1H3. The number of hydrogen-bond acceptors (Lipinski definition) is 2. The quantitative estimate of drug-likeness (QED) is 0.219. The summed E-state index contributed by atoms with van der Waals surface area (Å²) in [4.78, 5) is 0. The molecular weight excluding hydrogens is 378 g/mol. The molecule has 0 radical (unpaired) electrons. The highest BCUT2D eigenvalue weighted by molar-refractivity contribution is 5.26. The molecule has 0 saturated heterocycles. The van der Waals surface area contributed by atoms with E-state index in [0.29, 0.717) is 12.0 Å². The normalized spacial score (nSPS) is 27.0. The molecule has 0 N–H and O–H groups in total. The topological polar surface area (TPSA) is 33.0 Å². The summed E-state index contributed by atoms with van der Waals surface area (Å²) < 4.78 is 6.34. The van der Waals surface area contributed by atoms with Crippen molar-refractivity contribution in [1.82, 2.24) is 0 Å². The van der Waals surface area contributed by atoms with Gasteiger partial charge in [-0.1, -0.05) is 62.3 Å². The minimum atomic E-state index is 0.456. The van der Waals surface area contributed by atoms with Crippen molar-refractivity contribution in [3.63, 3.8) is 0 Å². The molecule has 0 aromatic heterocycles. The molecule has 2 nitrogen and oxygen atoms in total. The average Bonchev–Trinajstić information content (AvgIpc) is 2.82. The summed E-state index contributed by atoms with van der Waals surface area (Å²) in [5, 5.41) is 8.53. The van der Waals surface area contributed by atoms with E-state index < -0.39 is 0 Å². The smallest absolute Gasteiger partial charge is 0.0912 e. The molecule has 0 spiro atoms. The zero-order valence-electron chi connectivity index (χ0n) is 19.5. The highest BCUT2D eigenvalue weighted by Gasteiger charge is 2.25. The molecule has 0 unspecified atom stereocenters. The summed E-state index contributed by atoms with van der Waals surface area (Å²) in [7, 11) is 0. The van der Waals surface area contributed by atoms with E-state index in [1.165, 1.54) is 88.7 Å². The molecule has 0 aliphatic heterocycles. The van der Waals surface area contributed by atoms with Gasteiger partial charge in [-0.05, 0) is 93.1 Å². The SMILES string of the molecule is CCCCCc1ccc(C2CCC(COC3CCC(C=CC=CC#N)CC3)CC2)cc1. The number of allylic oxidation sites excluding steroid dienone is 4. The molecule has 2 heteroatoms.